The van der Waals surface area contributed by atoms with Gasteiger partial charge in [0.2, 0.25) is 5.91 Å². The van der Waals surface area contributed by atoms with E-state index in [0.717, 1.165) is 36.3 Å². The molecule has 1 aromatic heterocycles. The molecule has 19 heavy (non-hydrogen) atoms. The lowest BCUT2D eigenvalue weighted by Gasteiger charge is -2.36. The van der Waals surface area contributed by atoms with Gasteiger partial charge in [-0.2, -0.15) is 0 Å². The number of aromatic nitrogens is 1. The first-order chi connectivity index (χ1) is 8.97. The summed E-state index contributed by atoms with van der Waals surface area (Å²) in [6, 6.07) is 0. The summed E-state index contributed by atoms with van der Waals surface area (Å²) in [5.74, 6) is 0.757. The molecular weight excluding hydrogens is 258 g/mol. The molecule has 2 rings (SSSR count). The first kappa shape index (κ1) is 14.5. The van der Waals surface area contributed by atoms with E-state index in [-0.39, 0.29) is 11.3 Å². The normalized spacial score (nSPS) is 27.3. The van der Waals surface area contributed by atoms with Crippen molar-refractivity contribution in [3.8, 4) is 0 Å². The minimum absolute atomic E-state index is 0.0515. The van der Waals surface area contributed by atoms with Crippen LogP contribution in [0.25, 0.3) is 0 Å². The van der Waals surface area contributed by atoms with E-state index >= 15 is 0 Å². The second kappa shape index (κ2) is 5.59. The van der Waals surface area contributed by atoms with Gasteiger partial charge in [0.25, 0.3) is 0 Å². The van der Waals surface area contributed by atoms with Crippen LogP contribution in [-0.4, -0.2) is 17.4 Å². The fourth-order valence-electron chi connectivity index (χ4n) is 2.59. The van der Waals surface area contributed by atoms with Gasteiger partial charge in [-0.25, -0.2) is 4.98 Å². The van der Waals surface area contributed by atoms with Crippen LogP contribution in [0.3, 0.4) is 0 Å². The van der Waals surface area contributed by atoms with E-state index < -0.39 is 0 Å². The number of nitrogens with zero attached hydrogens (tertiary/aromatic N) is 1. The van der Waals surface area contributed by atoms with Crippen molar-refractivity contribution in [2.45, 2.75) is 46.5 Å². The van der Waals surface area contributed by atoms with Gasteiger partial charge < -0.3 is 11.1 Å². The average molecular weight is 281 g/mol. The van der Waals surface area contributed by atoms with E-state index in [0.29, 0.717) is 17.6 Å². The lowest BCUT2D eigenvalue weighted by atomic mass is 9.70. The predicted molar refractivity (Wildman–Crippen MR) is 79.3 cm³/mol. The van der Waals surface area contributed by atoms with Gasteiger partial charge in [-0.1, -0.05) is 6.92 Å². The lowest BCUT2D eigenvalue weighted by Crippen LogP contribution is -2.44. The molecule has 0 bridgehead atoms. The first-order valence-corrected chi connectivity index (χ1v) is 7.74. The van der Waals surface area contributed by atoms with Crippen molar-refractivity contribution in [3.05, 3.63) is 10.6 Å². The second-order valence-electron chi connectivity index (χ2n) is 5.78. The highest BCUT2D eigenvalue weighted by atomic mass is 32.1. The number of thiazole rings is 1. The highest BCUT2D eigenvalue weighted by Gasteiger charge is 2.40. The third-order valence-electron chi connectivity index (χ3n) is 4.35. The third-order valence-corrected chi connectivity index (χ3v) is 5.34. The molecule has 5 heteroatoms. The standard InChI is InChI=1S/C14H23N3OS/c1-9-4-6-14(8-15,7-5-9)12(18)17-13-16-10(2)11(3)19-13/h9H,4-8,15H2,1-3H3,(H,16,17,18). The van der Waals surface area contributed by atoms with Gasteiger partial charge in [-0.15, -0.1) is 11.3 Å². The molecule has 1 saturated carbocycles. The molecule has 0 unspecified atom stereocenters. The second-order valence-corrected chi connectivity index (χ2v) is 6.98. The van der Waals surface area contributed by atoms with Crippen LogP contribution in [0.2, 0.25) is 0 Å². The summed E-state index contributed by atoms with van der Waals surface area (Å²) in [4.78, 5) is 18.0. The summed E-state index contributed by atoms with van der Waals surface area (Å²) < 4.78 is 0. The largest absolute Gasteiger partial charge is 0.329 e. The smallest absolute Gasteiger partial charge is 0.233 e. The minimum atomic E-state index is -0.389. The number of amides is 1. The molecule has 1 aliphatic rings. The summed E-state index contributed by atoms with van der Waals surface area (Å²) in [7, 11) is 0. The van der Waals surface area contributed by atoms with Gasteiger partial charge in [-0.3, -0.25) is 4.79 Å². The fourth-order valence-corrected chi connectivity index (χ4v) is 3.40. The van der Waals surface area contributed by atoms with E-state index in [2.05, 4.69) is 17.2 Å². The number of carbonyl (C=O) groups is 1. The Kier molecular flexibility index (Phi) is 4.26. The molecule has 1 amide bonds. The minimum Gasteiger partial charge on any atom is -0.329 e. The Balaban J connectivity index is 2.09. The van der Waals surface area contributed by atoms with Gasteiger partial charge in [0, 0.05) is 11.4 Å². The summed E-state index contributed by atoms with van der Waals surface area (Å²) in [6.07, 6.45) is 3.95. The number of aryl methyl sites for hydroxylation is 2. The summed E-state index contributed by atoms with van der Waals surface area (Å²) in [5.41, 5.74) is 6.49. The Morgan fingerprint density at radius 1 is 1.47 bits per heavy atom. The summed E-state index contributed by atoms with van der Waals surface area (Å²) in [6.45, 7) is 6.65. The molecule has 0 radical (unpaired) electrons. The van der Waals surface area contributed by atoms with E-state index in [1.165, 1.54) is 11.3 Å². The van der Waals surface area contributed by atoms with Crippen LogP contribution in [0.4, 0.5) is 5.13 Å². The number of hydrogen-bond donors (Lipinski definition) is 2. The quantitative estimate of drug-likeness (QED) is 0.895. The highest BCUT2D eigenvalue weighted by Crippen LogP contribution is 2.39. The Morgan fingerprint density at radius 2 is 2.11 bits per heavy atom. The zero-order valence-corrected chi connectivity index (χ0v) is 12.8. The van der Waals surface area contributed by atoms with Crippen LogP contribution in [0.5, 0.6) is 0 Å². The monoisotopic (exact) mass is 281 g/mol. The number of hydrogen-bond acceptors (Lipinski definition) is 4. The Hall–Kier alpha value is -0.940. The maximum Gasteiger partial charge on any atom is 0.233 e. The highest BCUT2D eigenvalue weighted by molar-refractivity contribution is 7.15. The van der Waals surface area contributed by atoms with E-state index in [4.69, 9.17) is 5.73 Å². The third kappa shape index (κ3) is 2.98. The van der Waals surface area contributed by atoms with Crippen molar-refractivity contribution in [2.75, 3.05) is 11.9 Å². The fraction of sp³-hybridized carbons (Fsp3) is 0.714. The SMILES string of the molecule is Cc1nc(NC(=O)C2(CN)CCC(C)CC2)sc1C. The van der Waals surface area contributed by atoms with Crippen LogP contribution in [0.1, 0.15) is 43.2 Å². The maximum atomic E-state index is 12.5. The Morgan fingerprint density at radius 3 is 2.58 bits per heavy atom. The zero-order chi connectivity index (χ0) is 14.0. The molecule has 1 aliphatic carbocycles. The number of rotatable bonds is 3. The molecule has 3 N–H and O–H groups in total. The molecule has 4 nitrogen and oxygen atoms in total. The van der Waals surface area contributed by atoms with Gasteiger partial charge in [-0.05, 0) is 45.4 Å². The first-order valence-electron chi connectivity index (χ1n) is 6.92. The topological polar surface area (TPSA) is 68.0 Å². The molecule has 0 atom stereocenters. The number of nitrogens with one attached hydrogen (secondary N) is 1. The van der Waals surface area contributed by atoms with Crippen LogP contribution in [0, 0.1) is 25.2 Å². The van der Waals surface area contributed by atoms with Crippen LogP contribution in [-0.2, 0) is 4.79 Å². The molecule has 0 aliphatic heterocycles. The molecule has 0 saturated heterocycles. The number of nitrogens with two attached hydrogens (primary N) is 1. The molecule has 1 aromatic rings. The maximum absolute atomic E-state index is 12.5. The van der Waals surface area contributed by atoms with Crippen LogP contribution < -0.4 is 11.1 Å². The van der Waals surface area contributed by atoms with Gasteiger partial charge in [0.15, 0.2) is 5.13 Å². The van der Waals surface area contributed by atoms with Crippen molar-refractivity contribution >= 4 is 22.4 Å². The van der Waals surface area contributed by atoms with Crippen LogP contribution >= 0.6 is 11.3 Å². The van der Waals surface area contributed by atoms with Crippen LogP contribution in [0.15, 0.2) is 0 Å². The van der Waals surface area contributed by atoms with Crippen molar-refractivity contribution in [3.63, 3.8) is 0 Å². The van der Waals surface area contributed by atoms with Crippen molar-refractivity contribution in [2.24, 2.45) is 17.1 Å². The van der Waals surface area contributed by atoms with Gasteiger partial charge in [0.05, 0.1) is 11.1 Å². The molecular formula is C14H23N3OS. The summed E-state index contributed by atoms with van der Waals surface area (Å²) in [5, 5.41) is 3.67. The average Bonchev–Trinajstić information content (AvgIpc) is 2.69. The van der Waals surface area contributed by atoms with Gasteiger partial charge >= 0.3 is 0 Å². The molecule has 1 fully saturated rings. The van der Waals surface area contributed by atoms with Crippen molar-refractivity contribution < 1.29 is 4.79 Å². The predicted octanol–water partition coefficient (Wildman–Crippen LogP) is 2.85. The Bertz CT molecular complexity index is 442. The number of carbonyl (C=O) groups excluding carboxylic acids is 1. The zero-order valence-electron chi connectivity index (χ0n) is 12.0. The molecule has 1 heterocycles. The van der Waals surface area contributed by atoms with Crippen molar-refractivity contribution in [1.82, 2.24) is 4.98 Å². The van der Waals surface area contributed by atoms with E-state index in [9.17, 15) is 4.79 Å². The van der Waals surface area contributed by atoms with Crippen molar-refractivity contribution in [1.29, 1.82) is 0 Å². The van der Waals surface area contributed by atoms with E-state index in [1.54, 1.807) is 0 Å². The van der Waals surface area contributed by atoms with Gasteiger partial charge in [0.1, 0.15) is 0 Å². The summed E-state index contributed by atoms with van der Waals surface area (Å²) >= 11 is 1.53. The molecule has 106 valence electrons. The molecule has 0 aromatic carbocycles. The number of anilines is 1. The van der Waals surface area contributed by atoms with E-state index in [1.807, 2.05) is 13.8 Å². The molecule has 0 spiro atoms. The lowest BCUT2D eigenvalue weighted by molar-refractivity contribution is -0.127. The Labute approximate surface area is 118 Å².